The van der Waals surface area contributed by atoms with E-state index in [2.05, 4.69) is 13.8 Å². The van der Waals surface area contributed by atoms with Crippen LogP contribution in [0.4, 0.5) is 0 Å². The summed E-state index contributed by atoms with van der Waals surface area (Å²) in [6.45, 7) is 6.71. The molecule has 1 saturated carbocycles. The molecule has 1 unspecified atom stereocenters. The molecule has 4 heteroatoms. The van der Waals surface area contributed by atoms with Crippen molar-refractivity contribution in [1.29, 1.82) is 0 Å². The molecule has 1 aliphatic carbocycles. The lowest BCUT2D eigenvalue weighted by molar-refractivity contribution is -0.170. The Kier molecular flexibility index (Phi) is 4.55. The summed E-state index contributed by atoms with van der Waals surface area (Å²) in [6, 6.07) is 0. The van der Waals surface area contributed by atoms with Crippen molar-refractivity contribution in [2.45, 2.75) is 64.6 Å². The summed E-state index contributed by atoms with van der Waals surface area (Å²) in [6.07, 6.45) is 3.57. The fourth-order valence-corrected chi connectivity index (χ4v) is 2.36. The largest absolute Gasteiger partial charge is 0.479 e. The minimum atomic E-state index is -0.884. The highest BCUT2D eigenvalue weighted by molar-refractivity contribution is 5.72. The minimum Gasteiger partial charge on any atom is -0.479 e. The van der Waals surface area contributed by atoms with Crippen molar-refractivity contribution in [3.05, 3.63) is 0 Å². The molecular weight excluding hydrogens is 218 g/mol. The van der Waals surface area contributed by atoms with Crippen LogP contribution < -0.4 is 5.73 Å². The minimum absolute atomic E-state index is 0.326. The Balaban J connectivity index is 2.67. The first-order valence-corrected chi connectivity index (χ1v) is 6.45. The Morgan fingerprint density at radius 2 is 1.88 bits per heavy atom. The van der Waals surface area contributed by atoms with Gasteiger partial charge in [-0.3, -0.25) is 0 Å². The molecule has 3 N–H and O–H groups in total. The van der Waals surface area contributed by atoms with Gasteiger partial charge in [-0.25, -0.2) is 4.79 Å². The number of carboxylic acid groups (broad SMARTS) is 1. The van der Waals surface area contributed by atoms with Gasteiger partial charge in [0.05, 0.1) is 5.60 Å². The topological polar surface area (TPSA) is 72.5 Å². The molecule has 100 valence electrons. The van der Waals surface area contributed by atoms with Crippen molar-refractivity contribution < 1.29 is 14.6 Å². The molecule has 0 bridgehead atoms. The predicted molar refractivity (Wildman–Crippen MR) is 66.8 cm³/mol. The number of carboxylic acids is 1. The highest BCUT2D eigenvalue weighted by Gasteiger charge is 2.40. The van der Waals surface area contributed by atoms with Crippen molar-refractivity contribution in [3.8, 4) is 0 Å². The summed E-state index contributed by atoms with van der Waals surface area (Å²) >= 11 is 0. The van der Waals surface area contributed by atoms with Gasteiger partial charge in [-0.2, -0.15) is 0 Å². The maximum atomic E-state index is 11.0. The van der Waals surface area contributed by atoms with Gasteiger partial charge in [0.2, 0.25) is 0 Å². The molecule has 1 rings (SSSR count). The van der Waals surface area contributed by atoms with Crippen LogP contribution in [0.2, 0.25) is 0 Å². The summed E-state index contributed by atoms with van der Waals surface area (Å²) in [7, 11) is 0. The number of nitrogens with two attached hydrogens (primary N) is 1. The maximum Gasteiger partial charge on any atom is 0.332 e. The first-order chi connectivity index (χ1) is 7.84. The van der Waals surface area contributed by atoms with Gasteiger partial charge in [0.15, 0.2) is 6.10 Å². The predicted octanol–water partition coefficient (Wildman–Crippen LogP) is 2.16. The van der Waals surface area contributed by atoms with E-state index < -0.39 is 17.7 Å². The maximum absolute atomic E-state index is 11.0. The fourth-order valence-electron chi connectivity index (χ4n) is 2.36. The second-order valence-corrected chi connectivity index (χ2v) is 5.90. The summed E-state index contributed by atoms with van der Waals surface area (Å²) in [5.74, 6) is -0.884. The second kappa shape index (κ2) is 5.36. The van der Waals surface area contributed by atoms with Crippen LogP contribution in [0.5, 0.6) is 0 Å². The van der Waals surface area contributed by atoms with Crippen LogP contribution in [0.15, 0.2) is 0 Å². The van der Waals surface area contributed by atoms with Gasteiger partial charge in [0, 0.05) is 6.54 Å². The van der Waals surface area contributed by atoms with Gasteiger partial charge in [-0.15, -0.1) is 0 Å². The van der Waals surface area contributed by atoms with Crippen LogP contribution in [0.1, 0.15) is 52.9 Å². The average Bonchev–Trinajstić information content (AvgIpc) is 2.28. The van der Waals surface area contributed by atoms with E-state index in [-0.39, 0.29) is 0 Å². The summed E-state index contributed by atoms with van der Waals surface area (Å²) in [5.41, 5.74) is 5.72. The van der Waals surface area contributed by atoms with Crippen molar-refractivity contribution in [3.63, 3.8) is 0 Å². The molecule has 0 aromatic heterocycles. The molecule has 0 aromatic rings. The molecule has 0 aliphatic heterocycles. The lowest BCUT2D eigenvalue weighted by Gasteiger charge is -2.43. The molecule has 0 amide bonds. The molecule has 4 nitrogen and oxygen atoms in total. The molecule has 1 aliphatic rings. The van der Waals surface area contributed by atoms with Crippen molar-refractivity contribution in [1.82, 2.24) is 0 Å². The first kappa shape index (κ1) is 14.5. The summed E-state index contributed by atoms with van der Waals surface area (Å²) in [5, 5.41) is 9.05. The summed E-state index contributed by atoms with van der Waals surface area (Å²) < 4.78 is 5.81. The van der Waals surface area contributed by atoms with Crippen LogP contribution >= 0.6 is 0 Å². The van der Waals surface area contributed by atoms with Crippen LogP contribution in [0.3, 0.4) is 0 Å². The molecule has 0 radical (unpaired) electrons. The molecule has 17 heavy (non-hydrogen) atoms. The number of ether oxygens (including phenoxy) is 1. The third kappa shape index (κ3) is 3.68. The number of aliphatic carboxylic acids is 1. The molecule has 1 fully saturated rings. The second-order valence-electron chi connectivity index (χ2n) is 5.90. The molecule has 0 heterocycles. The highest BCUT2D eigenvalue weighted by atomic mass is 16.5. The zero-order valence-corrected chi connectivity index (χ0v) is 11.2. The van der Waals surface area contributed by atoms with E-state index in [0.29, 0.717) is 18.4 Å². The Labute approximate surface area is 104 Å². The van der Waals surface area contributed by atoms with Crippen LogP contribution in [0.25, 0.3) is 0 Å². The normalized spacial score (nSPS) is 24.2. The molecule has 0 saturated heterocycles. The molecule has 0 spiro atoms. The smallest absolute Gasteiger partial charge is 0.332 e. The zero-order chi connectivity index (χ0) is 13.1. The quantitative estimate of drug-likeness (QED) is 0.776. The first-order valence-electron chi connectivity index (χ1n) is 6.45. The van der Waals surface area contributed by atoms with Crippen LogP contribution in [0, 0.1) is 5.41 Å². The molecular formula is C13H25NO3. The van der Waals surface area contributed by atoms with Gasteiger partial charge in [0.25, 0.3) is 0 Å². The Morgan fingerprint density at radius 1 is 1.35 bits per heavy atom. The van der Waals surface area contributed by atoms with E-state index in [9.17, 15) is 4.79 Å². The van der Waals surface area contributed by atoms with Gasteiger partial charge in [-0.05, 0) is 37.5 Å². The Bertz CT molecular complexity index is 266. The SMILES string of the molecule is CCC(OC1(CN)CCC(C)(C)CC1)C(=O)O. The fraction of sp³-hybridized carbons (Fsp3) is 0.923. The number of hydrogen-bond acceptors (Lipinski definition) is 3. The molecule has 0 aromatic carbocycles. The number of carbonyl (C=O) groups is 1. The zero-order valence-electron chi connectivity index (χ0n) is 11.2. The van der Waals surface area contributed by atoms with E-state index in [1.54, 1.807) is 0 Å². The van der Waals surface area contributed by atoms with Gasteiger partial charge < -0.3 is 15.6 Å². The van der Waals surface area contributed by atoms with E-state index in [1.165, 1.54) is 0 Å². The monoisotopic (exact) mass is 243 g/mol. The molecule has 1 atom stereocenters. The summed E-state index contributed by atoms with van der Waals surface area (Å²) in [4.78, 5) is 11.0. The van der Waals surface area contributed by atoms with Gasteiger partial charge in [-0.1, -0.05) is 20.8 Å². The van der Waals surface area contributed by atoms with Crippen LogP contribution in [-0.4, -0.2) is 29.3 Å². The standard InChI is InChI=1S/C13H25NO3/c1-4-10(11(15)16)17-13(9-14)7-5-12(2,3)6-8-13/h10H,4-9,14H2,1-3H3,(H,15,16). The third-order valence-electron chi connectivity index (χ3n) is 3.93. The van der Waals surface area contributed by atoms with E-state index in [1.807, 2.05) is 6.92 Å². The van der Waals surface area contributed by atoms with E-state index >= 15 is 0 Å². The van der Waals surface area contributed by atoms with Crippen LogP contribution in [-0.2, 0) is 9.53 Å². The van der Waals surface area contributed by atoms with Gasteiger partial charge in [0.1, 0.15) is 0 Å². The lowest BCUT2D eigenvalue weighted by Crippen LogP contribution is -2.49. The lowest BCUT2D eigenvalue weighted by atomic mass is 9.71. The highest BCUT2D eigenvalue weighted by Crippen LogP contribution is 2.42. The van der Waals surface area contributed by atoms with Crippen molar-refractivity contribution >= 4 is 5.97 Å². The Hall–Kier alpha value is -0.610. The Morgan fingerprint density at radius 3 is 2.24 bits per heavy atom. The van der Waals surface area contributed by atoms with E-state index in [0.717, 1.165) is 25.7 Å². The van der Waals surface area contributed by atoms with Gasteiger partial charge >= 0.3 is 5.97 Å². The average molecular weight is 243 g/mol. The van der Waals surface area contributed by atoms with Crippen molar-refractivity contribution in [2.24, 2.45) is 11.1 Å². The number of hydrogen-bond donors (Lipinski definition) is 2. The van der Waals surface area contributed by atoms with E-state index in [4.69, 9.17) is 15.6 Å². The third-order valence-corrected chi connectivity index (χ3v) is 3.93. The number of rotatable bonds is 5. The van der Waals surface area contributed by atoms with Crippen molar-refractivity contribution in [2.75, 3.05) is 6.54 Å².